The number of nitrogens with one attached hydrogen (secondary N) is 2. The van der Waals surface area contributed by atoms with E-state index in [9.17, 15) is 27.6 Å². The summed E-state index contributed by atoms with van der Waals surface area (Å²) in [7, 11) is 0. The zero-order chi connectivity index (χ0) is 21.9. The largest absolute Gasteiger partial charge is 0.573 e. The minimum Gasteiger partial charge on any atom is -0.406 e. The Balaban J connectivity index is 1.56. The number of carbonyl (C=O) groups is 3. The number of benzene rings is 1. The number of amides is 4. The summed E-state index contributed by atoms with van der Waals surface area (Å²) in [5.74, 6) is -1.48. The number of alkyl halides is 3. The highest BCUT2D eigenvalue weighted by atomic mass is 19.4. The summed E-state index contributed by atoms with van der Waals surface area (Å²) < 4.78 is 40.3. The first-order valence-corrected chi connectivity index (χ1v) is 9.64. The molecular formula is C19H23F3N4O4. The Hall–Kier alpha value is -2.82. The van der Waals surface area contributed by atoms with Gasteiger partial charge in [0, 0.05) is 18.8 Å². The van der Waals surface area contributed by atoms with Crippen LogP contribution in [0, 0.1) is 0 Å². The second-order valence-electron chi connectivity index (χ2n) is 7.37. The van der Waals surface area contributed by atoms with Crippen molar-refractivity contribution in [2.24, 2.45) is 0 Å². The summed E-state index contributed by atoms with van der Waals surface area (Å²) in [6.07, 6.45) is -2.84. The van der Waals surface area contributed by atoms with Gasteiger partial charge < -0.3 is 20.3 Å². The predicted octanol–water partition coefficient (Wildman–Crippen LogP) is 2.32. The minimum atomic E-state index is -4.81. The van der Waals surface area contributed by atoms with E-state index in [-0.39, 0.29) is 5.69 Å². The van der Waals surface area contributed by atoms with Gasteiger partial charge in [0.1, 0.15) is 17.8 Å². The van der Waals surface area contributed by atoms with Gasteiger partial charge in [-0.05, 0) is 50.1 Å². The number of hydrogen-bond donors (Lipinski definition) is 2. The molecule has 2 saturated heterocycles. The van der Waals surface area contributed by atoms with Gasteiger partial charge in [-0.2, -0.15) is 0 Å². The third kappa shape index (κ3) is 5.02. The van der Waals surface area contributed by atoms with E-state index in [1.54, 1.807) is 0 Å². The lowest BCUT2D eigenvalue weighted by molar-refractivity contribution is -0.274. The predicted molar refractivity (Wildman–Crippen MR) is 101 cm³/mol. The number of ether oxygens (including phenoxy) is 1. The van der Waals surface area contributed by atoms with Gasteiger partial charge in [0.25, 0.3) is 5.91 Å². The Morgan fingerprint density at radius 2 is 1.83 bits per heavy atom. The molecule has 164 valence electrons. The van der Waals surface area contributed by atoms with Crippen LogP contribution in [0.25, 0.3) is 0 Å². The normalized spacial score (nSPS) is 19.1. The van der Waals surface area contributed by atoms with Crippen molar-refractivity contribution in [1.82, 2.24) is 15.1 Å². The van der Waals surface area contributed by atoms with Crippen molar-refractivity contribution in [2.75, 3.05) is 31.5 Å². The second-order valence-corrected chi connectivity index (χ2v) is 7.37. The highest BCUT2D eigenvalue weighted by Gasteiger charge is 2.52. The van der Waals surface area contributed by atoms with Crippen LogP contribution >= 0.6 is 0 Å². The van der Waals surface area contributed by atoms with Crippen LogP contribution in [0.4, 0.5) is 23.7 Å². The number of nitrogens with zero attached hydrogens (tertiary/aromatic N) is 2. The fourth-order valence-corrected chi connectivity index (χ4v) is 3.72. The monoisotopic (exact) mass is 428 g/mol. The fourth-order valence-electron chi connectivity index (χ4n) is 3.72. The van der Waals surface area contributed by atoms with Crippen molar-refractivity contribution in [1.29, 1.82) is 0 Å². The van der Waals surface area contributed by atoms with Gasteiger partial charge in [0.05, 0.1) is 0 Å². The Kier molecular flexibility index (Phi) is 6.20. The Morgan fingerprint density at radius 1 is 1.20 bits per heavy atom. The van der Waals surface area contributed by atoms with Gasteiger partial charge in [-0.3, -0.25) is 14.5 Å². The molecule has 0 bridgehead atoms. The van der Waals surface area contributed by atoms with Crippen molar-refractivity contribution >= 4 is 23.5 Å². The molecule has 30 heavy (non-hydrogen) atoms. The van der Waals surface area contributed by atoms with Crippen LogP contribution in [0.2, 0.25) is 0 Å². The number of carbonyl (C=O) groups excluding carboxylic acids is 3. The van der Waals surface area contributed by atoms with Crippen LogP contribution in [0.5, 0.6) is 5.75 Å². The summed E-state index contributed by atoms with van der Waals surface area (Å²) in [6, 6.07) is 3.95. The number of rotatable bonds is 6. The van der Waals surface area contributed by atoms with Crippen molar-refractivity contribution in [2.45, 2.75) is 38.1 Å². The van der Waals surface area contributed by atoms with Gasteiger partial charge in [0.15, 0.2) is 0 Å². The summed E-state index contributed by atoms with van der Waals surface area (Å²) in [6.45, 7) is 3.89. The molecule has 0 unspecified atom stereocenters. The maximum absolute atomic E-state index is 12.8. The SMILES string of the molecule is CCCN1CCC2(CC1)NC(=O)N(CC(=O)Nc1ccc(OC(F)(F)F)cc1)C2=O. The van der Waals surface area contributed by atoms with E-state index in [4.69, 9.17) is 0 Å². The highest BCUT2D eigenvalue weighted by Crippen LogP contribution is 2.29. The number of hydrogen-bond acceptors (Lipinski definition) is 5. The van der Waals surface area contributed by atoms with E-state index < -0.39 is 42.0 Å². The third-order valence-corrected chi connectivity index (χ3v) is 5.17. The summed E-state index contributed by atoms with van der Waals surface area (Å²) >= 11 is 0. The molecule has 0 aromatic heterocycles. The van der Waals surface area contributed by atoms with Gasteiger partial charge in [-0.25, -0.2) is 4.79 Å². The minimum absolute atomic E-state index is 0.212. The van der Waals surface area contributed by atoms with Gasteiger partial charge in [-0.15, -0.1) is 13.2 Å². The third-order valence-electron chi connectivity index (χ3n) is 5.17. The number of anilines is 1. The fraction of sp³-hybridized carbons (Fsp3) is 0.526. The average Bonchev–Trinajstić information content (AvgIpc) is 2.89. The first kappa shape index (κ1) is 21.9. The molecule has 0 aliphatic carbocycles. The maximum Gasteiger partial charge on any atom is 0.573 e. The number of piperidine rings is 1. The molecule has 1 aromatic carbocycles. The number of halogens is 3. The van der Waals surface area contributed by atoms with Crippen molar-refractivity contribution in [3.05, 3.63) is 24.3 Å². The van der Waals surface area contributed by atoms with Gasteiger partial charge >= 0.3 is 12.4 Å². The van der Waals surface area contributed by atoms with E-state index in [1.807, 2.05) is 0 Å². The van der Waals surface area contributed by atoms with Gasteiger partial charge in [-0.1, -0.05) is 6.92 Å². The topological polar surface area (TPSA) is 91.0 Å². The molecular weight excluding hydrogens is 405 g/mol. The second kappa shape index (κ2) is 8.50. The van der Waals surface area contributed by atoms with Gasteiger partial charge in [0.2, 0.25) is 5.91 Å². The lowest BCUT2D eigenvalue weighted by atomic mass is 9.87. The van der Waals surface area contributed by atoms with Crippen molar-refractivity contribution in [3.8, 4) is 5.75 Å². The van der Waals surface area contributed by atoms with E-state index in [1.165, 1.54) is 12.1 Å². The van der Waals surface area contributed by atoms with Crippen LogP contribution in [0.15, 0.2) is 24.3 Å². The number of urea groups is 1. The lowest BCUT2D eigenvalue weighted by Gasteiger charge is -2.37. The van der Waals surface area contributed by atoms with Crippen LogP contribution in [-0.2, 0) is 9.59 Å². The van der Waals surface area contributed by atoms with Crippen molar-refractivity contribution in [3.63, 3.8) is 0 Å². The molecule has 1 aromatic rings. The molecule has 0 radical (unpaired) electrons. The molecule has 4 amide bonds. The van der Waals surface area contributed by atoms with E-state index in [0.717, 1.165) is 30.0 Å². The molecule has 11 heteroatoms. The molecule has 0 saturated carbocycles. The van der Waals surface area contributed by atoms with Crippen LogP contribution in [-0.4, -0.2) is 65.7 Å². The highest BCUT2D eigenvalue weighted by molar-refractivity contribution is 6.10. The van der Waals surface area contributed by atoms with E-state index in [2.05, 4.69) is 27.2 Å². The summed E-state index contributed by atoms with van der Waals surface area (Å²) in [4.78, 5) is 40.5. The van der Waals surface area contributed by atoms with E-state index in [0.29, 0.717) is 25.9 Å². The number of likely N-dealkylation sites (tertiary alicyclic amines) is 1. The molecule has 2 aliphatic heterocycles. The first-order chi connectivity index (χ1) is 14.1. The summed E-state index contributed by atoms with van der Waals surface area (Å²) in [5, 5.41) is 5.20. The molecule has 2 N–H and O–H groups in total. The molecule has 2 aliphatic rings. The zero-order valence-corrected chi connectivity index (χ0v) is 16.4. The van der Waals surface area contributed by atoms with E-state index >= 15 is 0 Å². The quantitative estimate of drug-likeness (QED) is 0.679. The maximum atomic E-state index is 12.8. The average molecular weight is 428 g/mol. The Morgan fingerprint density at radius 3 is 2.40 bits per heavy atom. The zero-order valence-electron chi connectivity index (χ0n) is 16.4. The lowest BCUT2D eigenvalue weighted by Crippen LogP contribution is -2.55. The molecule has 1 spiro atoms. The molecule has 2 heterocycles. The smallest absolute Gasteiger partial charge is 0.406 e. The standard InChI is InChI=1S/C19H23F3N4O4/c1-2-9-25-10-7-18(8-11-25)16(28)26(17(29)24-18)12-15(27)23-13-3-5-14(6-4-13)30-19(20,21)22/h3-6H,2,7-12H2,1H3,(H,23,27)(H,24,29). The first-order valence-electron chi connectivity index (χ1n) is 9.64. The van der Waals surface area contributed by atoms with Crippen molar-refractivity contribution < 1.29 is 32.3 Å². The number of imide groups is 1. The van der Waals surface area contributed by atoms with Crippen LogP contribution in [0.1, 0.15) is 26.2 Å². The Bertz CT molecular complexity index is 805. The molecule has 3 rings (SSSR count). The van der Waals surface area contributed by atoms with Crippen LogP contribution < -0.4 is 15.4 Å². The Labute approximate surface area is 171 Å². The molecule has 8 nitrogen and oxygen atoms in total. The molecule has 0 atom stereocenters. The molecule has 2 fully saturated rings. The van der Waals surface area contributed by atoms with Crippen LogP contribution in [0.3, 0.4) is 0 Å². The summed E-state index contributed by atoms with van der Waals surface area (Å²) in [5.41, 5.74) is -0.762.